The zero-order valence-corrected chi connectivity index (χ0v) is 12.2. The number of nitrogens with one attached hydrogen (secondary N) is 2. The summed E-state index contributed by atoms with van der Waals surface area (Å²) in [7, 11) is 0.965. The second-order valence-corrected chi connectivity index (χ2v) is 7.81. The van der Waals surface area contributed by atoms with Crippen molar-refractivity contribution in [2.75, 3.05) is 25.9 Å². The minimum Gasteiger partial charge on any atom is -0.356 e. The Labute approximate surface area is 107 Å². The monoisotopic (exact) mass is 259 g/mol. The van der Waals surface area contributed by atoms with Crippen molar-refractivity contribution >= 4 is 16.8 Å². The molecule has 4 nitrogen and oxygen atoms in total. The van der Waals surface area contributed by atoms with Gasteiger partial charge in [-0.3, -0.25) is 9.20 Å². The standard InChI is InChI=1S/C12H25N3OS/c1-12(2,3)17(16)8-7-14-11(13-4)15-9-10-5-6-10/h10H,5-9H2,1-4H3,(H2,13,14,15). The van der Waals surface area contributed by atoms with Gasteiger partial charge < -0.3 is 10.6 Å². The zero-order valence-electron chi connectivity index (χ0n) is 11.4. The molecular formula is C12H25N3OS. The molecule has 2 N–H and O–H groups in total. The first-order valence-electron chi connectivity index (χ1n) is 6.26. The smallest absolute Gasteiger partial charge is 0.191 e. The van der Waals surface area contributed by atoms with Crippen LogP contribution < -0.4 is 10.6 Å². The van der Waals surface area contributed by atoms with E-state index in [-0.39, 0.29) is 4.75 Å². The van der Waals surface area contributed by atoms with E-state index in [2.05, 4.69) is 15.6 Å². The van der Waals surface area contributed by atoms with Crippen molar-refractivity contribution in [3.8, 4) is 0 Å². The summed E-state index contributed by atoms with van der Waals surface area (Å²) in [5.41, 5.74) is 0. The summed E-state index contributed by atoms with van der Waals surface area (Å²) in [6, 6.07) is 0. The van der Waals surface area contributed by atoms with Crippen molar-refractivity contribution in [2.45, 2.75) is 38.4 Å². The number of aliphatic imine (C=N–C) groups is 1. The maximum Gasteiger partial charge on any atom is 0.191 e. The fourth-order valence-corrected chi connectivity index (χ4v) is 2.25. The molecule has 0 aromatic carbocycles. The first-order chi connectivity index (χ1) is 7.93. The molecular weight excluding hydrogens is 234 g/mol. The van der Waals surface area contributed by atoms with Crippen LogP contribution in [-0.2, 0) is 10.8 Å². The third-order valence-electron chi connectivity index (χ3n) is 2.74. The number of guanidine groups is 1. The zero-order chi connectivity index (χ0) is 12.9. The van der Waals surface area contributed by atoms with E-state index in [1.165, 1.54) is 12.8 Å². The highest BCUT2D eigenvalue weighted by molar-refractivity contribution is 7.86. The Balaban J connectivity index is 2.16. The average Bonchev–Trinajstić information content (AvgIpc) is 3.05. The lowest BCUT2D eigenvalue weighted by molar-refractivity contribution is 0.646. The van der Waals surface area contributed by atoms with Crippen LogP contribution in [0, 0.1) is 5.92 Å². The van der Waals surface area contributed by atoms with Crippen molar-refractivity contribution in [1.82, 2.24) is 10.6 Å². The topological polar surface area (TPSA) is 53.5 Å². The molecule has 17 heavy (non-hydrogen) atoms. The van der Waals surface area contributed by atoms with Gasteiger partial charge in [0.25, 0.3) is 0 Å². The molecule has 1 saturated carbocycles. The molecule has 0 aromatic rings. The highest BCUT2D eigenvalue weighted by Gasteiger charge is 2.21. The molecule has 1 rings (SSSR count). The molecule has 0 saturated heterocycles. The SMILES string of the molecule is CN=C(NCCS(=O)C(C)(C)C)NCC1CC1. The molecule has 0 heterocycles. The van der Waals surface area contributed by atoms with Crippen LogP contribution in [0.15, 0.2) is 4.99 Å². The van der Waals surface area contributed by atoms with E-state index in [1.807, 2.05) is 20.8 Å². The molecule has 0 aliphatic heterocycles. The van der Waals surface area contributed by atoms with E-state index >= 15 is 0 Å². The number of hydrogen-bond acceptors (Lipinski definition) is 2. The predicted octanol–water partition coefficient (Wildman–Crippen LogP) is 1.11. The molecule has 5 heteroatoms. The van der Waals surface area contributed by atoms with Gasteiger partial charge in [0.05, 0.1) is 0 Å². The van der Waals surface area contributed by atoms with Gasteiger partial charge in [-0.05, 0) is 39.5 Å². The van der Waals surface area contributed by atoms with Crippen molar-refractivity contribution < 1.29 is 4.21 Å². The molecule has 0 amide bonds. The Hall–Kier alpha value is -0.580. The third-order valence-corrected chi connectivity index (χ3v) is 4.68. The summed E-state index contributed by atoms with van der Waals surface area (Å²) in [6.45, 7) is 7.71. The Morgan fingerprint density at radius 1 is 1.35 bits per heavy atom. The lowest BCUT2D eigenvalue weighted by Crippen LogP contribution is -2.41. The lowest BCUT2D eigenvalue weighted by Gasteiger charge is -2.18. The number of hydrogen-bond donors (Lipinski definition) is 2. The molecule has 1 fully saturated rings. The summed E-state index contributed by atoms with van der Waals surface area (Å²) in [4.78, 5) is 4.14. The van der Waals surface area contributed by atoms with Crippen LogP contribution in [-0.4, -0.2) is 40.8 Å². The van der Waals surface area contributed by atoms with E-state index in [0.717, 1.165) is 18.4 Å². The fraction of sp³-hybridized carbons (Fsp3) is 0.917. The van der Waals surface area contributed by atoms with Gasteiger partial charge in [0.1, 0.15) is 0 Å². The quantitative estimate of drug-likeness (QED) is 0.574. The van der Waals surface area contributed by atoms with E-state index in [9.17, 15) is 4.21 Å². The van der Waals surface area contributed by atoms with Gasteiger partial charge in [0.2, 0.25) is 0 Å². The van der Waals surface area contributed by atoms with Gasteiger partial charge >= 0.3 is 0 Å². The molecule has 0 spiro atoms. The maximum atomic E-state index is 11.8. The molecule has 1 aliphatic rings. The second kappa shape index (κ2) is 6.38. The van der Waals surface area contributed by atoms with E-state index in [1.54, 1.807) is 7.05 Å². The normalized spacial score (nSPS) is 18.9. The molecule has 1 unspecified atom stereocenters. The van der Waals surface area contributed by atoms with Crippen LogP contribution >= 0.6 is 0 Å². The Bertz CT molecular complexity index is 293. The average molecular weight is 259 g/mol. The Morgan fingerprint density at radius 2 is 2.00 bits per heavy atom. The first-order valence-corrected chi connectivity index (χ1v) is 7.58. The summed E-state index contributed by atoms with van der Waals surface area (Å²) < 4.78 is 11.7. The Kier molecular flexibility index (Phi) is 5.43. The van der Waals surface area contributed by atoms with E-state index < -0.39 is 10.8 Å². The van der Waals surface area contributed by atoms with Crippen LogP contribution in [0.1, 0.15) is 33.6 Å². The van der Waals surface area contributed by atoms with E-state index in [0.29, 0.717) is 12.3 Å². The fourth-order valence-electron chi connectivity index (χ4n) is 1.35. The van der Waals surface area contributed by atoms with E-state index in [4.69, 9.17) is 0 Å². The molecule has 0 aromatic heterocycles. The van der Waals surface area contributed by atoms with Crippen LogP contribution in [0.4, 0.5) is 0 Å². The minimum atomic E-state index is -0.801. The van der Waals surface area contributed by atoms with Gasteiger partial charge in [0, 0.05) is 41.4 Å². The van der Waals surface area contributed by atoms with Crippen LogP contribution in [0.2, 0.25) is 0 Å². The summed E-state index contributed by atoms with van der Waals surface area (Å²) >= 11 is 0. The Morgan fingerprint density at radius 3 is 2.47 bits per heavy atom. The molecule has 1 atom stereocenters. The van der Waals surface area contributed by atoms with Gasteiger partial charge in [-0.2, -0.15) is 0 Å². The number of rotatable bonds is 5. The van der Waals surface area contributed by atoms with Gasteiger partial charge in [-0.15, -0.1) is 0 Å². The highest BCUT2D eigenvalue weighted by Crippen LogP contribution is 2.27. The van der Waals surface area contributed by atoms with Crippen molar-refractivity contribution in [2.24, 2.45) is 10.9 Å². The van der Waals surface area contributed by atoms with Gasteiger partial charge in [-0.1, -0.05) is 0 Å². The summed E-state index contributed by atoms with van der Waals surface area (Å²) in [6.07, 6.45) is 2.66. The van der Waals surface area contributed by atoms with Crippen molar-refractivity contribution in [3.05, 3.63) is 0 Å². The summed E-state index contributed by atoms with van der Waals surface area (Å²) in [5, 5.41) is 6.49. The lowest BCUT2D eigenvalue weighted by atomic mass is 10.3. The highest BCUT2D eigenvalue weighted by atomic mass is 32.2. The van der Waals surface area contributed by atoms with Crippen LogP contribution in [0.3, 0.4) is 0 Å². The van der Waals surface area contributed by atoms with Gasteiger partial charge in [-0.25, -0.2) is 0 Å². The third kappa shape index (κ3) is 6.05. The number of nitrogens with zero attached hydrogens (tertiary/aromatic N) is 1. The largest absolute Gasteiger partial charge is 0.356 e. The first kappa shape index (κ1) is 14.5. The molecule has 1 aliphatic carbocycles. The predicted molar refractivity (Wildman–Crippen MR) is 74.9 cm³/mol. The van der Waals surface area contributed by atoms with Gasteiger partial charge in [0.15, 0.2) is 5.96 Å². The van der Waals surface area contributed by atoms with Crippen molar-refractivity contribution in [1.29, 1.82) is 0 Å². The minimum absolute atomic E-state index is 0.132. The molecule has 0 bridgehead atoms. The molecule has 100 valence electrons. The van der Waals surface area contributed by atoms with Crippen LogP contribution in [0.25, 0.3) is 0 Å². The maximum absolute atomic E-state index is 11.8. The van der Waals surface area contributed by atoms with Crippen molar-refractivity contribution in [3.63, 3.8) is 0 Å². The van der Waals surface area contributed by atoms with Crippen LogP contribution in [0.5, 0.6) is 0 Å². The summed E-state index contributed by atoms with van der Waals surface area (Å²) in [5.74, 6) is 2.31. The molecule has 0 radical (unpaired) electrons. The second-order valence-electron chi connectivity index (χ2n) is 5.49.